The van der Waals surface area contributed by atoms with Gasteiger partial charge in [0.05, 0.1) is 24.5 Å². The number of nitrogens with one attached hydrogen (secondary N) is 1. The van der Waals surface area contributed by atoms with Crippen LogP contribution < -0.4 is 5.32 Å². The number of ether oxygens (including phenoxy) is 2. The molecule has 0 aromatic heterocycles. The minimum Gasteiger partial charge on any atom is -0.469 e. The Kier molecular flexibility index (Phi) is 6.35. The molecule has 0 saturated carbocycles. The molecule has 33 heavy (non-hydrogen) atoms. The molecule has 1 amide bonds. The lowest BCUT2D eigenvalue weighted by molar-refractivity contribution is -0.384. The maximum Gasteiger partial charge on any atom is 0.407 e. The van der Waals surface area contributed by atoms with Gasteiger partial charge in [-0.05, 0) is 27.8 Å². The van der Waals surface area contributed by atoms with Gasteiger partial charge in [0, 0.05) is 18.1 Å². The molecule has 0 spiro atoms. The highest BCUT2D eigenvalue weighted by atomic mass is 16.6. The Morgan fingerprint density at radius 3 is 2.24 bits per heavy atom. The molecule has 1 aliphatic rings. The maximum absolute atomic E-state index is 12.7. The molecular formula is C25H22N2O6. The molecule has 0 bridgehead atoms. The molecule has 3 aromatic carbocycles. The molecule has 0 radical (unpaired) electrons. The fourth-order valence-corrected chi connectivity index (χ4v) is 4.14. The molecule has 8 nitrogen and oxygen atoms in total. The van der Waals surface area contributed by atoms with E-state index in [2.05, 4.69) is 5.32 Å². The first-order valence-electron chi connectivity index (χ1n) is 10.4. The molecule has 0 saturated heterocycles. The van der Waals surface area contributed by atoms with E-state index in [4.69, 9.17) is 9.47 Å². The number of non-ortho nitro benzene ring substituents is 1. The number of fused-ring (bicyclic) bond motifs is 3. The van der Waals surface area contributed by atoms with E-state index in [0.29, 0.717) is 5.56 Å². The summed E-state index contributed by atoms with van der Waals surface area (Å²) in [5.74, 6) is -0.675. The summed E-state index contributed by atoms with van der Waals surface area (Å²) >= 11 is 0. The number of carbonyl (C=O) groups excluding carboxylic acids is 2. The van der Waals surface area contributed by atoms with Crippen LogP contribution in [0.5, 0.6) is 0 Å². The van der Waals surface area contributed by atoms with Crippen LogP contribution in [0.25, 0.3) is 11.1 Å². The summed E-state index contributed by atoms with van der Waals surface area (Å²) in [7, 11) is 1.24. The standard InChI is InChI=1S/C25H22N2O6/c1-32-24(28)14-23(16-7-6-8-17(13-16)27(30)31)26-25(29)33-15-22-20-11-4-2-9-18(20)19-10-3-5-12-21(19)22/h2-13,22-23H,14-15H2,1H3,(H,26,29)/t23-/m1/s1. The Morgan fingerprint density at radius 2 is 1.64 bits per heavy atom. The van der Waals surface area contributed by atoms with Crippen LogP contribution >= 0.6 is 0 Å². The number of hydrogen-bond acceptors (Lipinski definition) is 6. The van der Waals surface area contributed by atoms with E-state index in [-0.39, 0.29) is 24.6 Å². The van der Waals surface area contributed by atoms with Crippen LogP contribution in [0.15, 0.2) is 72.8 Å². The highest BCUT2D eigenvalue weighted by Gasteiger charge is 2.29. The number of nitro benzene ring substituents is 1. The number of nitro groups is 1. The zero-order chi connectivity index (χ0) is 23.4. The summed E-state index contributed by atoms with van der Waals surface area (Å²) in [6.07, 6.45) is -0.917. The molecule has 168 valence electrons. The Hall–Kier alpha value is -4.20. The lowest BCUT2D eigenvalue weighted by Gasteiger charge is -2.19. The van der Waals surface area contributed by atoms with Crippen LogP contribution in [-0.4, -0.2) is 30.7 Å². The molecule has 0 heterocycles. The lowest BCUT2D eigenvalue weighted by atomic mass is 9.98. The third-order valence-corrected chi connectivity index (χ3v) is 5.72. The van der Waals surface area contributed by atoms with Crippen molar-refractivity contribution < 1.29 is 24.0 Å². The van der Waals surface area contributed by atoms with Gasteiger partial charge in [0.1, 0.15) is 6.61 Å². The molecule has 1 aliphatic carbocycles. The zero-order valence-corrected chi connectivity index (χ0v) is 17.9. The summed E-state index contributed by atoms with van der Waals surface area (Å²) in [5.41, 5.74) is 4.65. The topological polar surface area (TPSA) is 108 Å². The molecule has 4 rings (SSSR count). The van der Waals surface area contributed by atoms with Crippen molar-refractivity contribution in [3.8, 4) is 11.1 Å². The van der Waals surface area contributed by atoms with E-state index in [1.165, 1.54) is 25.3 Å². The number of alkyl carbamates (subject to hydrolysis) is 1. The number of rotatable bonds is 7. The molecule has 0 fully saturated rings. The minimum absolute atomic E-state index is 0.111. The van der Waals surface area contributed by atoms with E-state index in [9.17, 15) is 19.7 Å². The maximum atomic E-state index is 12.7. The summed E-state index contributed by atoms with van der Waals surface area (Å²) in [4.78, 5) is 35.2. The number of hydrogen-bond donors (Lipinski definition) is 1. The first-order chi connectivity index (χ1) is 16.0. The molecule has 1 atom stereocenters. The van der Waals surface area contributed by atoms with E-state index in [1.54, 1.807) is 6.07 Å². The van der Waals surface area contributed by atoms with Crippen LogP contribution in [0, 0.1) is 10.1 Å². The smallest absolute Gasteiger partial charge is 0.407 e. The van der Waals surface area contributed by atoms with Gasteiger partial charge in [-0.3, -0.25) is 14.9 Å². The van der Waals surface area contributed by atoms with Gasteiger partial charge in [-0.2, -0.15) is 0 Å². The molecule has 1 N–H and O–H groups in total. The highest BCUT2D eigenvalue weighted by Crippen LogP contribution is 2.44. The van der Waals surface area contributed by atoms with Crippen molar-refractivity contribution in [1.82, 2.24) is 5.32 Å². The summed E-state index contributed by atoms with van der Waals surface area (Å²) < 4.78 is 10.3. The van der Waals surface area contributed by atoms with Crippen molar-refractivity contribution in [3.05, 3.63) is 99.6 Å². The van der Waals surface area contributed by atoms with Crippen molar-refractivity contribution in [2.75, 3.05) is 13.7 Å². The van der Waals surface area contributed by atoms with Crippen molar-refractivity contribution in [2.45, 2.75) is 18.4 Å². The van der Waals surface area contributed by atoms with Crippen LogP contribution in [0.3, 0.4) is 0 Å². The predicted octanol–water partition coefficient (Wildman–Crippen LogP) is 4.74. The third kappa shape index (κ3) is 4.69. The monoisotopic (exact) mass is 446 g/mol. The normalized spacial score (nSPS) is 12.9. The number of amides is 1. The second-order valence-electron chi connectivity index (χ2n) is 7.65. The largest absolute Gasteiger partial charge is 0.469 e. The molecule has 3 aromatic rings. The first kappa shape index (κ1) is 22.0. The third-order valence-electron chi connectivity index (χ3n) is 5.72. The van der Waals surface area contributed by atoms with Crippen LogP contribution in [0.2, 0.25) is 0 Å². The SMILES string of the molecule is COC(=O)C[C@@H](NC(=O)OCC1c2ccccc2-c2ccccc21)c1cccc([N+](=O)[O-])c1. The zero-order valence-electron chi connectivity index (χ0n) is 17.9. The van der Waals surface area contributed by atoms with Crippen LogP contribution in [0.4, 0.5) is 10.5 Å². The fraction of sp³-hybridized carbons (Fsp3) is 0.200. The van der Waals surface area contributed by atoms with Gasteiger partial charge in [0.15, 0.2) is 0 Å². The van der Waals surface area contributed by atoms with Gasteiger partial charge < -0.3 is 14.8 Å². The lowest BCUT2D eigenvalue weighted by Crippen LogP contribution is -2.32. The van der Waals surface area contributed by atoms with Crippen molar-refractivity contribution in [2.24, 2.45) is 0 Å². The Labute approximate surface area is 190 Å². The van der Waals surface area contributed by atoms with Crippen molar-refractivity contribution in [3.63, 3.8) is 0 Å². The van der Waals surface area contributed by atoms with Gasteiger partial charge in [-0.25, -0.2) is 4.79 Å². The van der Waals surface area contributed by atoms with Gasteiger partial charge in [-0.1, -0.05) is 60.7 Å². The molecule has 8 heteroatoms. The van der Waals surface area contributed by atoms with Gasteiger partial charge >= 0.3 is 12.1 Å². The highest BCUT2D eigenvalue weighted by molar-refractivity contribution is 5.79. The average Bonchev–Trinajstić information content (AvgIpc) is 3.16. The summed E-state index contributed by atoms with van der Waals surface area (Å²) in [5, 5.41) is 13.8. The molecular weight excluding hydrogens is 424 g/mol. The number of benzene rings is 3. The Bertz CT molecular complexity index is 1160. The van der Waals surface area contributed by atoms with Gasteiger partial charge in [0.25, 0.3) is 5.69 Å². The van der Waals surface area contributed by atoms with Gasteiger partial charge in [-0.15, -0.1) is 0 Å². The number of carbonyl (C=O) groups is 2. The van der Waals surface area contributed by atoms with E-state index < -0.39 is 23.0 Å². The summed E-state index contributed by atoms with van der Waals surface area (Å²) in [6.45, 7) is 0.111. The average molecular weight is 446 g/mol. The summed E-state index contributed by atoms with van der Waals surface area (Å²) in [6, 6.07) is 20.9. The first-order valence-corrected chi connectivity index (χ1v) is 10.4. The minimum atomic E-state index is -0.840. The quantitative estimate of drug-likeness (QED) is 0.319. The number of methoxy groups -OCH3 is 1. The Morgan fingerprint density at radius 1 is 1.00 bits per heavy atom. The Balaban J connectivity index is 1.50. The van der Waals surface area contributed by atoms with Crippen LogP contribution in [-0.2, 0) is 14.3 Å². The number of nitrogens with zero attached hydrogens (tertiary/aromatic N) is 1. The van der Waals surface area contributed by atoms with E-state index in [1.807, 2.05) is 48.5 Å². The second kappa shape index (κ2) is 9.52. The molecule has 0 aliphatic heterocycles. The predicted molar refractivity (Wildman–Crippen MR) is 121 cm³/mol. The van der Waals surface area contributed by atoms with Crippen molar-refractivity contribution >= 4 is 17.7 Å². The van der Waals surface area contributed by atoms with Gasteiger partial charge in [0.2, 0.25) is 0 Å². The molecule has 0 unspecified atom stereocenters. The van der Waals surface area contributed by atoms with E-state index >= 15 is 0 Å². The van der Waals surface area contributed by atoms with Crippen LogP contribution in [0.1, 0.15) is 35.1 Å². The second-order valence-corrected chi connectivity index (χ2v) is 7.65. The fourth-order valence-electron chi connectivity index (χ4n) is 4.14. The number of esters is 1. The van der Waals surface area contributed by atoms with Crippen molar-refractivity contribution in [1.29, 1.82) is 0 Å². The van der Waals surface area contributed by atoms with E-state index in [0.717, 1.165) is 22.3 Å².